The van der Waals surface area contributed by atoms with Gasteiger partial charge in [0.2, 0.25) is 10.1 Å². The summed E-state index contributed by atoms with van der Waals surface area (Å²) in [4.78, 5) is 12.7. The van der Waals surface area contributed by atoms with Gasteiger partial charge in [0, 0.05) is 12.0 Å². The molecule has 0 bridgehead atoms. The van der Waals surface area contributed by atoms with Crippen LogP contribution in [-0.4, -0.2) is 25.7 Å². The van der Waals surface area contributed by atoms with Gasteiger partial charge >= 0.3 is 0 Å². The Morgan fingerprint density at radius 1 is 1.41 bits per heavy atom. The van der Waals surface area contributed by atoms with Crippen LogP contribution in [0.4, 0.5) is 9.52 Å². The lowest BCUT2D eigenvalue weighted by Crippen LogP contribution is -2.12. The van der Waals surface area contributed by atoms with Crippen molar-refractivity contribution in [2.24, 2.45) is 0 Å². The predicted molar refractivity (Wildman–Crippen MR) is 81.7 cm³/mol. The molecule has 3 aromatic rings. The molecule has 0 radical (unpaired) electrons. The van der Waals surface area contributed by atoms with Gasteiger partial charge in [0.25, 0.3) is 5.91 Å². The van der Waals surface area contributed by atoms with Crippen molar-refractivity contribution in [3.63, 3.8) is 0 Å². The Balaban J connectivity index is 1.82. The molecule has 0 fully saturated rings. The fourth-order valence-corrected chi connectivity index (χ4v) is 2.74. The van der Waals surface area contributed by atoms with Gasteiger partial charge in [-0.15, -0.1) is 15.3 Å². The molecule has 2 aromatic heterocycles. The molecule has 2 heterocycles. The lowest BCUT2D eigenvalue weighted by molar-refractivity contribution is 0.102. The number of aryl methyl sites for hydroxylation is 2. The van der Waals surface area contributed by atoms with Crippen molar-refractivity contribution < 1.29 is 9.18 Å². The minimum atomic E-state index is -0.406. The standard InChI is InChI=1S/C14H14FN5OS/c1-3-4-11-17-18-14-20(11)19-13(22-14)16-12(21)9-6-5-8(2)10(15)7-9/h5-7H,3-4H2,1-2H3,(H,16,19,21). The maximum atomic E-state index is 13.5. The van der Waals surface area contributed by atoms with Crippen LogP contribution in [0.5, 0.6) is 0 Å². The Morgan fingerprint density at radius 2 is 2.23 bits per heavy atom. The summed E-state index contributed by atoms with van der Waals surface area (Å²) in [5.41, 5.74) is 0.752. The molecule has 0 aliphatic rings. The summed E-state index contributed by atoms with van der Waals surface area (Å²) >= 11 is 1.23. The SMILES string of the molecule is CCCc1nnc2sc(NC(=O)c3ccc(C)c(F)c3)nn12. The molecule has 1 N–H and O–H groups in total. The average molecular weight is 319 g/mol. The Labute approximate surface area is 130 Å². The van der Waals surface area contributed by atoms with E-state index in [0.717, 1.165) is 18.7 Å². The molecular weight excluding hydrogens is 305 g/mol. The van der Waals surface area contributed by atoms with Crippen molar-refractivity contribution in [1.29, 1.82) is 0 Å². The summed E-state index contributed by atoms with van der Waals surface area (Å²) in [6.45, 7) is 3.69. The minimum absolute atomic E-state index is 0.253. The summed E-state index contributed by atoms with van der Waals surface area (Å²) in [7, 11) is 0. The van der Waals surface area contributed by atoms with Crippen LogP contribution in [0, 0.1) is 12.7 Å². The van der Waals surface area contributed by atoms with Crippen LogP contribution in [0.3, 0.4) is 0 Å². The average Bonchev–Trinajstić information content (AvgIpc) is 3.04. The second-order valence-corrected chi connectivity index (χ2v) is 5.84. The number of rotatable bonds is 4. The largest absolute Gasteiger partial charge is 0.296 e. The smallest absolute Gasteiger partial charge is 0.257 e. The maximum Gasteiger partial charge on any atom is 0.257 e. The van der Waals surface area contributed by atoms with E-state index in [1.54, 1.807) is 23.6 Å². The number of hydrogen-bond donors (Lipinski definition) is 1. The van der Waals surface area contributed by atoms with Crippen molar-refractivity contribution in [2.75, 3.05) is 5.32 Å². The summed E-state index contributed by atoms with van der Waals surface area (Å²) < 4.78 is 15.1. The number of carbonyl (C=O) groups is 1. The summed E-state index contributed by atoms with van der Waals surface area (Å²) in [6.07, 6.45) is 1.70. The second kappa shape index (κ2) is 5.80. The first-order chi connectivity index (χ1) is 10.6. The Morgan fingerprint density at radius 3 is 2.95 bits per heavy atom. The van der Waals surface area contributed by atoms with Crippen LogP contribution in [-0.2, 0) is 6.42 Å². The van der Waals surface area contributed by atoms with Crippen LogP contribution in [0.25, 0.3) is 4.96 Å². The van der Waals surface area contributed by atoms with E-state index in [1.807, 2.05) is 6.92 Å². The lowest BCUT2D eigenvalue weighted by Gasteiger charge is -2.02. The van der Waals surface area contributed by atoms with Gasteiger partial charge < -0.3 is 0 Å². The van der Waals surface area contributed by atoms with E-state index in [0.29, 0.717) is 15.7 Å². The summed E-state index contributed by atoms with van der Waals surface area (Å²) in [6, 6.07) is 4.37. The lowest BCUT2D eigenvalue weighted by atomic mass is 10.1. The van der Waals surface area contributed by atoms with Crippen molar-refractivity contribution in [2.45, 2.75) is 26.7 Å². The predicted octanol–water partition coefficient (Wildman–Crippen LogP) is 2.84. The van der Waals surface area contributed by atoms with E-state index < -0.39 is 11.7 Å². The highest BCUT2D eigenvalue weighted by molar-refractivity contribution is 7.20. The van der Waals surface area contributed by atoms with Crippen LogP contribution in [0.1, 0.15) is 35.1 Å². The second-order valence-electron chi connectivity index (χ2n) is 4.89. The molecule has 0 aliphatic heterocycles. The van der Waals surface area contributed by atoms with Gasteiger partial charge in [0.05, 0.1) is 0 Å². The first-order valence-electron chi connectivity index (χ1n) is 6.87. The van der Waals surface area contributed by atoms with E-state index in [1.165, 1.54) is 17.4 Å². The highest BCUT2D eigenvalue weighted by Crippen LogP contribution is 2.20. The Hall–Kier alpha value is -2.35. The molecule has 0 unspecified atom stereocenters. The Kier molecular flexibility index (Phi) is 3.84. The van der Waals surface area contributed by atoms with Gasteiger partial charge in [-0.1, -0.05) is 24.3 Å². The van der Waals surface area contributed by atoms with Crippen molar-refractivity contribution >= 4 is 27.3 Å². The number of nitrogens with zero attached hydrogens (tertiary/aromatic N) is 4. The van der Waals surface area contributed by atoms with Gasteiger partial charge in [-0.25, -0.2) is 4.39 Å². The zero-order valence-electron chi connectivity index (χ0n) is 12.1. The van der Waals surface area contributed by atoms with E-state index in [9.17, 15) is 9.18 Å². The monoisotopic (exact) mass is 319 g/mol. The van der Waals surface area contributed by atoms with Crippen LogP contribution in [0.2, 0.25) is 0 Å². The minimum Gasteiger partial charge on any atom is -0.296 e. The molecule has 6 nitrogen and oxygen atoms in total. The van der Waals surface area contributed by atoms with E-state index in [-0.39, 0.29) is 5.56 Å². The number of hydrogen-bond acceptors (Lipinski definition) is 5. The number of halogens is 1. The topological polar surface area (TPSA) is 72.2 Å². The third kappa shape index (κ3) is 2.69. The van der Waals surface area contributed by atoms with Gasteiger partial charge in [-0.2, -0.15) is 4.52 Å². The van der Waals surface area contributed by atoms with Crippen LogP contribution in [0.15, 0.2) is 18.2 Å². The fraction of sp³-hybridized carbons (Fsp3) is 0.286. The Bertz CT molecular complexity index is 841. The zero-order chi connectivity index (χ0) is 15.7. The number of carbonyl (C=O) groups excluding carboxylic acids is 1. The highest BCUT2D eigenvalue weighted by atomic mass is 32.1. The van der Waals surface area contributed by atoms with Crippen molar-refractivity contribution in [3.8, 4) is 0 Å². The van der Waals surface area contributed by atoms with E-state index >= 15 is 0 Å². The molecular formula is C14H14FN5OS. The quantitative estimate of drug-likeness (QED) is 0.802. The van der Waals surface area contributed by atoms with Crippen molar-refractivity contribution in [3.05, 3.63) is 41.0 Å². The third-order valence-electron chi connectivity index (χ3n) is 3.18. The molecule has 1 aromatic carbocycles. The summed E-state index contributed by atoms with van der Waals surface area (Å²) in [5.74, 6) is -0.0486. The number of benzene rings is 1. The van der Waals surface area contributed by atoms with Crippen LogP contribution < -0.4 is 5.32 Å². The fourth-order valence-electron chi connectivity index (χ4n) is 1.99. The summed E-state index contributed by atoms with van der Waals surface area (Å²) in [5, 5.41) is 15.4. The van der Waals surface area contributed by atoms with E-state index in [2.05, 4.69) is 20.6 Å². The number of amides is 1. The highest BCUT2D eigenvalue weighted by Gasteiger charge is 2.14. The molecule has 0 aliphatic carbocycles. The van der Waals surface area contributed by atoms with Crippen molar-refractivity contribution in [1.82, 2.24) is 19.8 Å². The molecule has 114 valence electrons. The molecule has 1 amide bonds. The van der Waals surface area contributed by atoms with Crippen LogP contribution >= 0.6 is 11.3 Å². The first kappa shape index (κ1) is 14.6. The number of aromatic nitrogens is 4. The molecule has 0 spiro atoms. The third-order valence-corrected chi connectivity index (χ3v) is 4.00. The zero-order valence-corrected chi connectivity index (χ0v) is 12.9. The number of anilines is 1. The molecule has 22 heavy (non-hydrogen) atoms. The van der Waals surface area contributed by atoms with Gasteiger partial charge in [-0.05, 0) is 31.0 Å². The molecule has 0 atom stereocenters. The molecule has 0 saturated heterocycles. The molecule has 3 rings (SSSR count). The number of fused-ring (bicyclic) bond motifs is 1. The first-order valence-corrected chi connectivity index (χ1v) is 7.68. The molecule has 0 saturated carbocycles. The number of nitrogens with one attached hydrogen (secondary N) is 1. The van der Waals surface area contributed by atoms with E-state index in [4.69, 9.17) is 0 Å². The molecule has 8 heteroatoms. The van der Waals surface area contributed by atoms with Gasteiger partial charge in [0.15, 0.2) is 5.82 Å². The van der Waals surface area contributed by atoms with Gasteiger partial charge in [0.1, 0.15) is 5.82 Å². The normalized spacial score (nSPS) is 11.0. The maximum absolute atomic E-state index is 13.5. The van der Waals surface area contributed by atoms with Gasteiger partial charge in [-0.3, -0.25) is 10.1 Å².